The van der Waals surface area contributed by atoms with Gasteiger partial charge in [-0.1, -0.05) is 6.07 Å². The van der Waals surface area contributed by atoms with Crippen molar-refractivity contribution >= 4 is 35.1 Å². The molecular formula is C10H9F2N2O4PS. The lowest BCUT2D eigenvalue weighted by Crippen LogP contribution is -2.17. The van der Waals surface area contributed by atoms with Gasteiger partial charge in [0.05, 0.1) is 10.2 Å². The summed E-state index contributed by atoms with van der Waals surface area (Å²) in [4.78, 5) is 32.6. The van der Waals surface area contributed by atoms with Gasteiger partial charge in [0.2, 0.25) is 0 Å². The summed E-state index contributed by atoms with van der Waals surface area (Å²) in [5.41, 5.74) is -5.05. The molecule has 108 valence electrons. The van der Waals surface area contributed by atoms with Crippen molar-refractivity contribution < 1.29 is 27.9 Å². The van der Waals surface area contributed by atoms with E-state index in [1.165, 1.54) is 13.1 Å². The normalized spacial score (nSPS) is 12.7. The molecule has 0 radical (unpaired) electrons. The predicted octanol–water partition coefficient (Wildman–Crippen LogP) is 1.88. The van der Waals surface area contributed by atoms with Gasteiger partial charge in [0, 0.05) is 12.6 Å². The van der Waals surface area contributed by atoms with Gasteiger partial charge in [-0.3, -0.25) is 9.36 Å². The van der Waals surface area contributed by atoms with Gasteiger partial charge in [-0.2, -0.15) is 8.78 Å². The fourth-order valence-electron chi connectivity index (χ4n) is 1.49. The summed E-state index contributed by atoms with van der Waals surface area (Å²) >= 11 is 0.995. The van der Waals surface area contributed by atoms with Crippen molar-refractivity contribution in [2.24, 2.45) is 0 Å². The molecule has 1 aromatic carbocycles. The van der Waals surface area contributed by atoms with Crippen LogP contribution in [0, 0.1) is 0 Å². The van der Waals surface area contributed by atoms with Crippen LogP contribution in [0.2, 0.25) is 0 Å². The molecule has 1 aromatic heterocycles. The largest absolute Gasteiger partial charge is 0.399 e. The third kappa shape index (κ3) is 2.45. The number of nitrogens with zero attached hydrogens (tertiary/aromatic N) is 1. The molecule has 1 amide bonds. The van der Waals surface area contributed by atoms with E-state index in [-0.39, 0.29) is 10.5 Å². The molecule has 3 N–H and O–H groups in total. The van der Waals surface area contributed by atoms with Crippen LogP contribution in [0.3, 0.4) is 0 Å². The van der Waals surface area contributed by atoms with Crippen LogP contribution in [-0.2, 0) is 10.2 Å². The molecule has 0 atom stereocenters. The molecule has 20 heavy (non-hydrogen) atoms. The van der Waals surface area contributed by atoms with Gasteiger partial charge in [-0.05, 0) is 12.1 Å². The number of halogens is 2. The third-order valence-corrected chi connectivity index (χ3v) is 4.55. The van der Waals surface area contributed by atoms with E-state index in [4.69, 9.17) is 9.79 Å². The highest BCUT2D eigenvalue weighted by Crippen LogP contribution is 2.59. The van der Waals surface area contributed by atoms with Crippen LogP contribution in [0.15, 0.2) is 18.2 Å². The molecule has 2 aromatic rings. The minimum atomic E-state index is -5.62. The smallest absolute Gasteiger partial charge is 0.353 e. The van der Waals surface area contributed by atoms with E-state index in [0.29, 0.717) is 4.70 Å². The summed E-state index contributed by atoms with van der Waals surface area (Å²) < 4.78 is 38.4. The maximum atomic E-state index is 13.6. The Morgan fingerprint density at radius 1 is 1.45 bits per heavy atom. The number of alkyl halides is 2. The number of carbonyl (C=O) groups is 1. The number of amides is 1. The summed E-state index contributed by atoms with van der Waals surface area (Å²) in [5, 5.41) is 2.43. The monoisotopic (exact) mass is 322 g/mol. The lowest BCUT2D eigenvalue weighted by Gasteiger charge is -2.17. The zero-order valence-corrected chi connectivity index (χ0v) is 11.7. The van der Waals surface area contributed by atoms with E-state index in [1.807, 2.05) is 0 Å². The fraction of sp³-hybridized carbons (Fsp3) is 0.200. The van der Waals surface area contributed by atoms with Crippen molar-refractivity contribution in [3.8, 4) is 0 Å². The summed E-state index contributed by atoms with van der Waals surface area (Å²) in [5.74, 6) is -0.463. The molecule has 0 saturated heterocycles. The topological polar surface area (TPSA) is 99.5 Å². The lowest BCUT2D eigenvalue weighted by atomic mass is 10.2. The second-order valence-corrected chi connectivity index (χ2v) is 6.55. The number of aromatic nitrogens is 1. The highest BCUT2D eigenvalue weighted by Gasteiger charge is 2.50. The number of hydrogen-bond acceptors (Lipinski definition) is 4. The number of thiazole rings is 1. The second kappa shape index (κ2) is 4.85. The molecule has 0 fully saturated rings. The van der Waals surface area contributed by atoms with Gasteiger partial charge < -0.3 is 15.1 Å². The third-order valence-electron chi connectivity index (χ3n) is 2.52. The van der Waals surface area contributed by atoms with Gasteiger partial charge in [-0.25, -0.2) is 4.98 Å². The average molecular weight is 322 g/mol. The molecule has 0 aliphatic heterocycles. The Hall–Kier alpha value is -1.41. The first-order chi connectivity index (χ1) is 9.16. The van der Waals surface area contributed by atoms with Gasteiger partial charge in [0.1, 0.15) is 0 Å². The summed E-state index contributed by atoms with van der Waals surface area (Å²) in [7, 11) is -4.22. The van der Waals surface area contributed by atoms with Crippen molar-refractivity contribution in [2.75, 3.05) is 7.05 Å². The van der Waals surface area contributed by atoms with Crippen LogP contribution in [0.4, 0.5) is 8.78 Å². The molecule has 0 spiro atoms. The number of rotatable bonds is 3. The predicted molar refractivity (Wildman–Crippen MR) is 68.9 cm³/mol. The first-order valence-electron chi connectivity index (χ1n) is 5.23. The number of carbonyl (C=O) groups excluding carboxylic acids is 1. The number of nitrogens with one attached hydrogen (secondary N) is 1. The first-order valence-corrected chi connectivity index (χ1v) is 7.66. The molecule has 10 heteroatoms. The molecule has 1 heterocycles. The molecule has 6 nitrogen and oxygen atoms in total. The minimum absolute atomic E-state index is 0.0825. The van der Waals surface area contributed by atoms with Crippen LogP contribution in [0.1, 0.15) is 15.4 Å². The Balaban J connectivity index is 2.54. The van der Waals surface area contributed by atoms with Crippen LogP contribution in [0.25, 0.3) is 10.2 Å². The lowest BCUT2D eigenvalue weighted by molar-refractivity contribution is 0.0565. The molecule has 0 bridgehead atoms. The van der Waals surface area contributed by atoms with E-state index in [2.05, 4.69) is 10.3 Å². The van der Waals surface area contributed by atoms with E-state index in [0.717, 1.165) is 23.5 Å². The Kier molecular flexibility index (Phi) is 3.64. The fourth-order valence-corrected chi connectivity index (χ4v) is 2.85. The van der Waals surface area contributed by atoms with E-state index >= 15 is 0 Å². The minimum Gasteiger partial charge on any atom is -0.353 e. The standard InChI is InChI=1S/C10H9F2N2O4PS/c1-13-8(15)9-14-6-4-5(2-3-7(6)20-9)10(11,12)19(16,17)18/h2-4H,1H3,(H,13,15)(H2,16,17,18). The molecule has 2 rings (SSSR count). The molecular weight excluding hydrogens is 313 g/mol. The van der Waals surface area contributed by atoms with E-state index < -0.39 is 24.7 Å². The van der Waals surface area contributed by atoms with E-state index in [1.54, 1.807) is 0 Å². The first kappa shape index (κ1) is 15.0. The Labute approximate surface area is 115 Å². The Morgan fingerprint density at radius 3 is 2.65 bits per heavy atom. The van der Waals surface area contributed by atoms with Crippen molar-refractivity contribution in [2.45, 2.75) is 5.66 Å². The summed E-state index contributed by atoms with van der Waals surface area (Å²) in [6.07, 6.45) is 0. The van der Waals surface area contributed by atoms with Gasteiger partial charge >= 0.3 is 13.3 Å². The van der Waals surface area contributed by atoms with Gasteiger partial charge in [0.25, 0.3) is 5.91 Å². The number of fused-ring (bicyclic) bond motifs is 1. The Morgan fingerprint density at radius 2 is 2.10 bits per heavy atom. The maximum absolute atomic E-state index is 13.6. The number of hydrogen-bond donors (Lipinski definition) is 3. The van der Waals surface area contributed by atoms with Crippen LogP contribution >= 0.6 is 18.9 Å². The Bertz CT molecular complexity index is 727. The van der Waals surface area contributed by atoms with Crippen LogP contribution in [-0.4, -0.2) is 27.7 Å². The SMILES string of the molecule is CNC(=O)c1nc2cc(C(F)(F)P(=O)(O)O)ccc2s1. The van der Waals surface area contributed by atoms with Crippen molar-refractivity contribution in [3.05, 3.63) is 28.8 Å². The summed E-state index contributed by atoms with van der Waals surface area (Å²) in [6.45, 7) is 0. The average Bonchev–Trinajstić information content (AvgIpc) is 2.79. The van der Waals surface area contributed by atoms with Crippen molar-refractivity contribution in [1.29, 1.82) is 0 Å². The highest BCUT2D eigenvalue weighted by atomic mass is 32.1. The maximum Gasteiger partial charge on any atom is 0.399 e. The zero-order chi connectivity index (χ0) is 15.1. The zero-order valence-electron chi connectivity index (χ0n) is 10.0. The quantitative estimate of drug-likeness (QED) is 0.749. The van der Waals surface area contributed by atoms with Gasteiger partial charge in [0.15, 0.2) is 5.01 Å². The van der Waals surface area contributed by atoms with Crippen molar-refractivity contribution in [3.63, 3.8) is 0 Å². The van der Waals surface area contributed by atoms with Crippen molar-refractivity contribution in [1.82, 2.24) is 10.3 Å². The van der Waals surface area contributed by atoms with Gasteiger partial charge in [-0.15, -0.1) is 11.3 Å². The summed E-state index contributed by atoms with van der Waals surface area (Å²) in [6, 6.07) is 3.03. The highest BCUT2D eigenvalue weighted by molar-refractivity contribution is 7.52. The number of benzene rings is 1. The second-order valence-electron chi connectivity index (χ2n) is 3.87. The molecule has 0 saturated carbocycles. The molecule has 0 aliphatic carbocycles. The molecule has 0 unspecified atom stereocenters. The van der Waals surface area contributed by atoms with Crippen LogP contribution in [0.5, 0.6) is 0 Å². The molecule has 0 aliphatic rings. The van der Waals surface area contributed by atoms with E-state index in [9.17, 15) is 18.1 Å². The van der Waals surface area contributed by atoms with Crippen LogP contribution < -0.4 is 5.32 Å².